The lowest BCUT2D eigenvalue weighted by molar-refractivity contribution is -0.124. The van der Waals surface area contributed by atoms with E-state index in [1.165, 1.54) is 0 Å². The van der Waals surface area contributed by atoms with Crippen LogP contribution >= 0.6 is 0 Å². The number of pyridine rings is 1. The number of carbonyl (C=O) groups excluding carboxylic acids is 1. The molecule has 0 saturated heterocycles. The first-order valence-corrected chi connectivity index (χ1v) is 8.42. The lowest BCUT2D eigenvalue weighted by Crippen LogP contribution is -2.32. The van der Waals surface area contributed by atoms with Crippen LogP contribution in [0.2, 0.25) is 0 Å². The number of aryl methyl sites for hydroxylation is 3. The fourth-order valence-electron chi connectivity index (χ4n) is 2.54. The third kappa shape index (κ3) is 5.08. The number of nitrogens with zero attached hydrogens (tertiary/aromatic N) is 2. The smallest absolute Gasteiger partial charge is 0.223 e. The second kappa shape index (κ2) is 8.47. The van der Waals surface area contributed by atoms with Gasteiger partial charge >= 0.3 is 0 Å². The molecule has 6 heteroatoms. The van der Waals surface area contributed by atoms with Crippen LogP contribution in [-0.4, -0.2) is 34.2 Å². The highest BCUT2D eigenvalue weighted by Crippen LogP contribution is 2.15. The summed E-state index contributed by atoms with van der Waals surface area (Å²) in [5.74, 6) is 0.890. The van der Waals surface area contributed by atoms with Crippen molar-refractivity contribution in [2.45, 2.75) is 40.5 Å². The van der Waals surface area contributed by atoms with E-state index >= 15 is 0 Å². The third-order valence-electron chi connectivity index (χ3n) is 4.11. The molecule has 0 aromatic carbocycles. The summed E-state index contributed by atoms with van der Waals surface area (Å²) in [5.41, 5.74) is 4.30. The number of anilines is 1. The Hall–Kier alpha value is -2.37. The summed E-state index contributed by atoms with van der Waals surface area (Å²) in [6, 6.07) is 3.99. The van der Waals surface area contributed by atoms with E-state index in [1.807, 2.05) is 46.0 Å². The first kappa shape index (κ1) is 18.0. The summed E-state index contributed by atoms with van der Waals surface area (Å²) in [7, 11) is 0. The van der Waals surface area contributed by atoms with Gasteiger partial charge in [-0.15, -0.1) is 0 Å². The van der Waals surface area contributed by atoms with E-state index < -0.39 is 0 Å². The molecule has 130 valence electrons. The van der Waals surface area contributed by atoms with Gasteiger partial charge in [0.2, 0.25) is 5.91 Å². The molecule has 0 fully saturated rings. The average molecular weight is 329 g/mol. The fraction of sp³-hybridized carbons (Fsp3) is 0.500. The summed E-state index contributed by atoms with van der Waals surface area (Å²) >= 11 is 0. The quantitative estimate of drug-likeness (QED) is 0.650. The number of hydrogen-bond donors (Lipinski definition) is 3. The molecule has 1 atom stereocenters. The molecule has 3 N–H and O–H groups in total. The van der Waals surface area contributed by atoms with Gasteiger partial charge in [-0.05, 0) is 50.8 Å². The predicted molar refractivity (Wildman–Crippen MR) is 96.0 cm³/mol. The summed E-state index contributed by atoms with van der Waals surface area (Å²) < 4.78 is 0. The number of rotatable bonds is 8. The molecule has 0 radical (unpaired) electrons. The van der Waals surface area contributed by atoms with Gasteiger partial charge in [-0.1, -0.05) is 13.0 Å². The second-order valence-electron chi connectivity index (χ2n) is 6.31. The molecule has 24 heavy (non-hydrogen) atoms. The Morgan fingerprint density at radius 3 is 2.67 bits per heavy atom. The van der Waals surface area contributed by atoms with Crippen molar-refractivity contribution in [2.75, 3.05) is 18.4 Å². The Bertz CT molecular complexity index is 643. The van der Waals surface area contributed by atoms with Crippen LogP contribution in [0.3, 0.4) is 0 Å². The van der Waals surface area contributed by atoms with Crippen LogP contribution in [0.15, 0.2) is 18.3 Å². The van der Waals surface area contributed by atoms with Crippen molar-refractivity contribution >= 4 is 11.7 Å². The van der Waals surface area contributed by atoms with E-state index in [-0.39, 0.29) is 11.8 Å². The first-order valence-electron chi connectivity index (χ1n) is 8.42. The molecule has 2 aromatic rings. The van der Waals surface area contributed by atoms with Crippen LogP contribution in [0.1, 0.15) is 35.9 Å². The van der Waals surface area contributed by atoms with Crippen molar-refractivity contribution in [3.63, 3.8) is 0 Å². The van der Waals surface area contributed by atoms with Crippen molar-refractivity contribution in [3.8, 4) is 0 Å². The van der Waals surface area contributed by atoms with Gasteiger partial charge < -0.3 is 10.6 Å². The van der Waals surface area contributed by atoms with E-state index in [2.05, 4.69) is 25.8 Å². The normalized spacial score (nSPS) is 12.0. The SMILES string of the molecule is Cc1ccc(NCCCNC(=O)[C@@H](C)Cc2c(C)n[nH]c2C)nc1. The molecule has 0 aliphatic carbocycles. The van der Waals surface area contributed by atoms with Crippen molar-refractivity contribution in [2.24, 2.45) is 5.92 Å². The monoisotopic (exact) mass is 329 g/mol. The van der Waals surface area contributed by atoms with Crippen LogP contribution in [-0.2, 0) is 11.2 Å². The number of amides is 1. The molecule has 2 aromatic heterocycles. The van der Waals surface area contributed by atoms with Crippen molar-refractivity contribution in [1.82, 2.24) is 20.5 Å². The zero-order valence-corrected chi connectivity index (χ0v) is 14.9. The highest BCUT2D eigenvalue weighted by atomic mass is 16.1. The third-order valence-corrected chi connectivity index (χ3v) is 4.11. The molecule has 0 aliphatic rings. The maximum absolute atomic E-state index is 12.2. The minimum atomic E-state index is -0.0632. The maximum atomic E-state index is 12.2. The molecule has 0 saturated carbocycles. The summed E-state index contributed by atoms with van der Waals surface area (Å²) in [6.07, 6.45) is 3.41. The van der Waals surface area contributed by atoms with Crippen molar-refractivity contribution < 1.29 is 4.79 Å². The number of aromatic amines is 1. The van der Waals surface area contributed by atoms with E-state index in [0.29, 0.717) is 13.0 Å². The van der Waals surface area contributed by atoms with Crippen LogP contribution in [0, 0.1) is 26.7 Å². The molecule has 2 heterocycles. The van der Waals surface area contributed by atoms with Gasteiger partial charge in [0.1, 0.15) is 5.82 Å². The molecule has 2 rings (SSSR count). The van der Waals surface area contributed by atoms with Crippen molar-refractivity contribution in [1.29, 1.82) is 0 Å². The Kier molecular flexibility index (Phi) is 6.35. The average Bonchev–Trinajstić information content (AvgIpc) is 2.88. The summed E-state index contributed by atoms with van der Waals surface area (Å²) in [4.78, 5) is 16.5. The van der Waals surface area contributed by atoms with Crippen LogP contribution in [0.25, 0.3) is 0 Å². The number of H-pyrrole nitrogens is 1. The zero-order chi connectivity index (χ0) is 17.5. The minimum Gasteiger partial charge on any atom is -0.370 e. The minimum absolute atomic E-state index is 0.0632. The van der Waals surface area contributed by atoms with E-state index in [0.717, 1.165) is 41.3 Å². The Balaban J connectivity index is 1.66. The number of aromatic nitrogens is 3. The Morgan fingerprint density at radius 2 is 2.04 bits per heavy atom. The van der Waals surface area contributed by atoms with Gasteiger partial charge in [-0.25, -0.2) is 4.98 Å². The van der Waals surface area contributed by atoms with Crippen LogP contribution in [0.4, 0.5) is 5.82 Å². The zero-order valence-electron chi connectivity index (χ0n) is 14.9. The largest absolute Gasteiger partial charge is 0.370 e. The standard InChI is InChI=1S/C18H27N5O/c1-12-6-7-17(21-11-12)19-8-5-9-20-18(24)13(2)10-16-14(3)22-23-15(16)4/h6-7,11,13H,5,8-10H2,1-4H3,(H,19,21)(H,20,24)(H,22,23)/t13-/m0/s1. The molecular weight excluding hydrogens is 302 g/mol. The molecule has 0 aliphatic heterocycles. The first-order chi connectivity index (χ1) is 11.5. The molecule has 6 nitrogen and oxygen atoms in total. The van der Waals surface area contributed by atoms with Gasteiger partial charge in [0, 0.05) is 30.9 Å². The van der Waals surface area contributed by atoms with Crippen LogP contribution in [0.5, 0.6) is 0 Å². The molecule has 0 bridgehead atoms. The van der Waals surface area contributed by atoms with E-state index in [4.69, 9.17) is 0 Å². The van der Waals surface area contributed by atoms with E-state index in [9.17, 15) is 4.79 Å². The van der Waals surface area contributed by atoms with Gasteiger partial charge in [-0.3, -0.25) is 9.89 Å². The van der Waals surface area contributed by atoms with Gasteiger partial charge in [0.25, 0.3) is 0 Å². The topological polar surface area (TPSA) is 82.7 Å². The molecule has 0 unspecified atom stereocenters. The molecule has 1 amide bonds. The van der Waals surface area contributed by atoms with Crippen LogP contribution < -0.4 is 10.6 Å². The molecule has 0 spiro atoms. The van der Waals surface area contributed by atoms with E-state index in [1.54, 1.807) is 0 Å². The number of carbonyl (C=O) groups is 1. The highest BCUT2D eigenvalue weighted by molar-refractivity contribution is 5.78. The van der Waals surface area contributed by atoms with Crippen molar-refractivity contribution in [3.05, 3.63) is 40.8 Å². The molecular formula is C18H27N5O. The lowest BCUT2D eigenvalue weighted by atomic mass is 9.99. The fourth-order valence-corrected chi connectivity index (χ4v) is 2.54. The highest BCUT2D eigenvalue weighted by Gasteiger charge is 2.16. The summed E-state index contributed by atoms with van der Waals surface area (Å²) in [6.45, 7) is 9.37. The lowest BCUT2D eigenvalue weighted by Gasteiger charge is -2.13. The maximum Gasteiger partial charge on any atom is 0.223 e. The van der Waals surface area contributed by atoms with Gasteiger partial charge in [0.05, 0.1) is 5.69 Å². The Morgan fingerprint density at radius 1 is 1.25 bits per heavy atom. The second-order valence-corrected chi connectivity index (χ2v) is 6.31. The number of hydrogen-bond acceptors (Lipinski definition) is 4. The van der Waals surface area contributed by atoms with Gasteiger partial charge in [0.15, 0.2) is 0 Å². The van der Waals surface area contributed by atoms with Gasteiger partial charge in [-0.2, -0.15) is 5.10 Å². The Labute approximate surface area is 143 Å². The predicted octanol–water partition coefficient (Wildman–Crippen LogP) is 2.53. The number of nitrogens with one attached hydrogen (secondary N) is 3. The summed E-state index contributed by atoms with van der Waals surface area (Å²) in [5, 5.41) is 13.4.